The molecule has 4 nitrogen and oxygen atoms in total. The average molecular weight is 297 g/mol. The summed E-state index contributed by atoms with van der Waals surface area (Å²) in [7, 11) is 0. The van der Waals surface area contributed by atoms with E-state index in [1.165, 1.54) is 0 Å². The van der Waals surface area contributed by atoms with Gasteiger partial charge in [-0.1, -0.05) is 34.6 Å². The molecule has 1 aliphatic heterocycles. The van der Waals surface area contributed by atoms with E-state index < -0.39 is 5.97 Å². The Labute approximate surface area is 128 Å². The first-order valence-corrected chi connectivity index (χ1v) is 8.08. The highest BCUT2D eigenvalue weighted by Gasteiger charge is 2.37. The molecule has 4 heteroatoms. The highest BCUT2D eigenvalue weighted by atomic mass is 16.4. The number of hydrogen-bond acceptors (Lipinski definition) is 2. The second kappa shape index (κ2) is 7.28. The Bertz CT molecular complexity index is 371. The van der Waals surface area contributed by atoms with E-state index in [4.69, 9.17) is 5.11 Å². The zero-order chi connectivity index (χ0) is 16.2. The Morgan fingerprint density at radius 1 is 1.14 bits per heavy atom. The van der Waals surface area contributed by atoms with E-state index in [0.29, 0.717) is 17.8 Å². The average Bonchev–Trinajstić information content (AvgIpc) is 2.66. The molecule has 0 aromatic rings. The number of hydrogen-bond donors (Lipinski definition) is 1. The number of rotatable bonds is 6. The molecule has 1 N–H and O–H groups in total. The molecule has 0 bridgehead atoms. The summed E-state index contributed by atoms with van der Waals surface area (Å²) in [5.41, 5.74) is 0.264. The molecular weight excluding hydrogens is 266 g/mol. The zero-order valence-electron chi connectivity index (χ0n) is 14.2. The summed E-state index contributed by atoms with van der Waals surface area (Å²) in [4.78, 5) is 24.7. The smallest absolute Gasteiger partial charge is 0.303 e. The molecule has 1 heterocycles. The quantitative estimate of drug-likeness (QED) is 0.817. The lowest BCUT2D eigenvalue weighted by Crippen LogP contribution is -2.29. The van der Waals surface area contributed by atoms with Crippen LogP contribution >= 0.6 is 0 Å². The Hall–Kier alpha value is -1.06. The van der Waals surface area contributed by atoms with Crippen molar-refractivity contribution in [2.75, 3.05) is 13.1 Å². The lowest BCUT2D eigenvalue weighted by molar-refractivity contribution is -0.140. The lowest BCUT2D eigenvalue weighted by Gasteiger charge is -2.27. The highest BCUT2D eigenvalue weighted by Crippen LogP contribution is 2.37. The van der Waals surface area contributed by atoms with Crippen LogP contribution in [0.1, 0.15) is 60.3 Å². The predicted molar refractivity (Wildman–Crippen MR) is 84.0 cm³/mol. The third-order valence-electron chi connectivity index (χ3n) is 4.13. The monoisotopic (exact) mass is 297 g/mol. The van der Waals surface area contributed by atoms with Crippen LogP contribution in [0.5, 0.6) is 0 Å². The molecule has 122 valence electrons. The molecule has 0 radical (unpaired) electrons. The van der Waals surface area contributed by atoms with Gasteiger partial charge in [-0.3, -0.25) is 9.59 Å². The molecule has 2 atom stereocenters. The second-order valence-corrected chi connectivity index (χ2v) is 8.11. The van der Waals surface area contributed by atoms with Gasteiger partial charge in [0, 0.05) is 19.5 Å². The highest BCUT2D eigenvalue weighted by molar-refractivity contribution is 5.80. The normalized spacial score (nSPS) is 22.9. The van der Waals surface area contributed by atoms with Gasteiger partial charge >= 0.3 is 5.97 Å². The molecule has 0 spiro atoms. The Balaban J connectivity index is 2.65. The van der Waals surface area contributed by atoms with Crippen molar-refractivity contribution < 1.29 is 14.7 Å². The Morgan fingerprint density at radius 2 is 1.71 bits per heavy atom. The van der Waals surface area contributed by atoms with E-state index in [9.17, 15) is 9.59 Å². The number of carbonyl (C=O) groups is 2. The van der Waals surface area contributed by atoms with Crippen molar-refractivity contribution in [3.8, 4) is 0 Å². The Kier molecular flexibility index (Phi) is 6.24. The maximum absolute atomic E-state index is 12.2. The number of likely N-dealkylation sites (tertiary alicyclic amines) is 1. The number of amides is 1. The first kappa shape index (κ1) is 18.0. The lowest BCUT2D eigenvalue weighted by atomic mass is 9.78. The van der Waals surface area contributed by atoms with Crippen molar-refractivity contribution in [2.45, 2.75) is 60.3 Å². The summed E-state index contributed by atoms with van der Waals surface area (Å²) >= 11 is 0. The minimum absolute atomic E-state index is 0.00238. The maximum atomic E-state index is 12.2. The van der Waals surface area contributed by atoms with Crippen molar-refractivity contribution in [1.82, 2.24) is 4.90 Å². The van der Waals surface area contributed by atoms with Crippen LogP contribution in [0.3, 0.4) is 0 Å². The van der Waals surface area contributed by atoms with Gasteiger partial charge < -0.3 is 10.0 Å². The van der Waals surface area contributed by atoms with Crippen LogP contribution in [0, 0.1) is 23.2 Å². The van der Waals surface area contributed by atoms with E-state index >= 15 is 0 Å². The van der Waals surface area contributed by atoms with E-state index in [-0.39, 0.29) is 24.2 Å². The van der Waals surface area contributed by atoms with Crippen molar-refractivity contribution in [3.05, 3.63) is 0 Å². The molecule has 1 fully saturated rings. The zero-order valence-corrected chi connectivity index (χ0v) is 14.2. The number of carboxylic acid groups (broad SMARTS) is 1. The van der Waals surface area contributed by atoms with E-state index in [0.717, 1.165) is 25.9 Å². The third-order valence-corrected chi connectivity index (χ3v) is 4.13. The van der Waals surface area contributed by atoms with Gasteiger partial charge in [0.2, 0.25) is 5.91 Å². The molecule has 1 saturated heterocycles. The van der Waals surface area contributed by atoms with Crippen LogP contribution in [0.2, 0.25) is 0 Å². The van der Waals surface area contributed by atoms with Crippen molar-refractivity contribution in [2.24, 2.45) is 23.2 Å². The SMILES string of the molecule is CC(C)CC1CN(C(=O)CCC(=O)O)CC1CC(C)(C)C. The van der Waals surface area contributed by atoms with Gasteiger partial charge in [0.1, 0.15) is 0 Å². The standard InChI is InChI=1S/C17H31NO3/c1-12(2)8-13-10-18(15(19)6-7-16(20)21)11-14(13)9-17(3,4)5/h12-14H,6-11H2,1-5H3,(H,20,21). The van der Waals surface area contributed by atoms with E-state index in [1.807, 2.05) is 4.90 Å². The number of nitrogens with zero attached hydrogens (tertiary/aromatic N) is 1. The second-order valence-electron chi connectivity index (χ2n) is 8.11. The predicted octanol–water partition coefficient (Wildman–Crippen LogP) is 3.41. The van der Waals surface area contributed by atoms with Crippen molar-refractivity contribution in [1.29, 1.82) is 0 Å². The van der Waals surface area contributed by atoms with Crippen molar-refractivity contribution >= 4 is 11.9 Å². The maximum Gasteiger partial charge on any atom is 0.303 e. The topological polar surface area (TPSA) is 57.6 Å². The molecular formula is C17H31NO3. The molecule has 0 aromatic carbocycles. The minimum atomic E-state index is -0.896. The van der Waals surface area contributed by atoms with Crippen LogP contribution in [-0.4, -0.2) is 35.0 Å². The molecule has 0 aromatic heterocycles. The Morgan fingerprint density at radius 3 is 2.19 bits per heavy atom. The number of carboxylic acids is 1. The van der Waals surface area contributed by atoms with Gasteiger partial charge in [-0.2, -0.15) is 0 Å². The van der Waals surface area contributed by atoms with Crippen LogP contribution in [0.15, 0.2) is 0 Å². The molecule has 0 saturated carbocycles. The summed E-state index contributed by atoms with van der Waals surface area (Å²) < 4.78 is 0. The number of aliphatic carboxylic acids is 1. The minimum Gasteiger partial charge on any atom is -0.481 e. The van der Waals surface area contributed by atoms with E-state index in [1.54, 1.807) is 0 Å². The van der Waals surface area contributed by atoms with Gasteiger partial charge in [-0.15, -0.1) is 0 Å². The van der Waals surface area contributed by atoms with Gasteiger partial charge in [-0.05, 0) is 36.0 Å². The molecule has 1 rings (SSSR count). The van der Waals surface area contributed by atoms with Gasteiger partial charge in [-0.25, -0.2) is 0 Å². The fourth-order valence-corrected chi connectivity index (χ4v) is 3.40. The molecule has 1 aliphatic rings. The van der Waals surface area contributed by atoms with Crippen LogP contribution in [-0.2, 0) is 9.59 Å². The third kappa shape index (κ3) is 6.49. The van der Waals surface area contributed by atoms with Crippen molar-refractivity contribution in [3.63, 3.8) is 0 Å². The van der Waals surface area contributed by atoms with Crippen LogP contribution < -0.4 is 0 Å². The summed E-state index contributed by atoms with van der Waals surface area (Å²) in [6.07, 6.45) is 2.33. The summed E-state index contributed by atoms with van der Waals surface area (Å²) in [6.45, 7) is 12.8. The summed E-state index contributed by atoms with van der Waals surface area (Å²) in [5.74, 6) is 0.834. The fourth-order valence-electron chi connectivity index (χ4n) is 3.40. The first-order chi connectivity index (χ1) is 9.58. The summed E-state index contributed by atoms with van der Waals surface area (Å²) in [6, 6.07) is 0. The molecule has 1 amide bonds. The largest absolute Gasteiger partial charge is 0.481 e. The summed E-state index contributed by atoms with van der Waals surface area (Å²) in [5, 5.41) is 8.71. The molecule has 21 heavy (non-hydrogen) atoms. The first-order valence-electron chi connectivity index (χ1n) is 8.08. The fraction of sp³-hybridized carbons (Fsp3) is 0.882. The number of carbonyl (C=O) groups excluding carboxylic acids is 1. The van der Waals surface area contributed by atoms with E-state index in [2.05, 4.69) is 34.6 Å². The van der Waals surface area contributed by atoms with Gasteiger partial charge in [0.05, 0.1) is 6.42 Å². The molecule has 2 unspecified atom stereocenters. The van der Waals surface area contributed by atoms with Gasteiger partial charge in [0.25, 0.3) is 0 Å². The molecule has 0 aliphatic carbocycles. The van der Waals surface area contributed by atoms with Crippen LogP contribution in [0.25, 0.3) is 0 Å². The van der Waals surface area contributed by atoms with Crippen LogP contribution in [0.4, 0.5) is 0 Å². The van der Waals surface area contributed by atoms with Gasteiger partial charge in [0.15, 0.2) is 0 Å².